The number of amides is 2. The van der Waals surface area contributed by atoms with E-state index in [2.05, 4.69) is 15.4 Å². The summed E-state index contributed by atoms with van der Waals surface area (Å²) in [5.41, 5.74) is -1.95. The van der Waals surface area contributed by atoms with Crippen molar-refractivity contribution in [2.75, 3.05) is 6.54 Å². The third kappa shape index (κ3) is 10.2. The van der Waals surface area contributed by atoms with E-state index in [9.17, 15) is 36.1 Å². The molecule has 14 heteroatoms. The molecule has 1 unspecified atom stereocenters. The number of aliphatic hydroxyl groups excluding tert-OH is 1. The molecule has 0 radical (unpaired) electrons. The van der Waals surface area contributed by atoms with Gasteiger partial charge < -0.3 is 20.3 Å². The van der Waals surface area contributed by atoms with Crippen molar-refractivity contribution >= 4 is 32.0 Å². The maximum atomic E-state index is 13.3. The molecule has 1 heterocycles. The van der Waals surface area contributed by atoms with Crippen molar-refractivity contribution in [3.05, 3.63) is 35.9 Å². The minimum atomic E-state index is -5.22. The first-order chi connectivity index (χ1) is 16.9. The smallest absolute Gasteiger partial charge is 0.746 e. The molecule has 0 aromatic heterocycles. The van der Waals surface area contributed by atoms with Crippen LogP contribution in [0.15, 0.2) is 30.3 Å². The fraction of sp³-hybridized carbons (Fsp3) is 0.652. The monoisotopic (exact) mass is 567 g/mol. The van der Waals surface area contributed by atoms with E-state index in [0.29, 0.717) is 18.5 Å². The molecular formula is C23H34N3NaO8S2. The van der Waals surface area contributed by atoms with Gasteiger partial charge in [0.25, 0.3) is 0 Å². The molecule has 1 aromatic rings. The van der Waals surface area contributed by atoms with Crippen LogP contribution in [0.25, 0.3) is 0 Å². The van der Waals surface area contributed by atoms with Crippen LogP contribution in [-0.2, 0) is 35.5 Å². The fourth-order valence-corrected chi connectivity index (χ4v) is 6.86. The summed E-state index contributed by atoms with van der Waals surface area (Å²) in [5.74, 6) is -2.18. The standard InChI is InChI=1S/C23H35N3O8S2.Na/c27-21-18(11-12-24-21)14-20(23(29)36(32,33)34)25-22(28)19(13-16-7-3-1-4-8-16)26-35(30,31)15-17-9-5-2-6-10-17;/h2,5-6,9-10,16,18-20,23,26,29H,1,3-4,7-8,11-15H2,(H,24,27)(H,25,28)(H,32,33,34);/q;+1/p-1/t18-,19-,20-,23?;/m0./s1. The van der Waals surface area contributed by atoms with Crippen LogP contribution in [0, 0.1) is 11.8 Å². The van der Waals surface area contributed by atoms with Crippen molar-refractivity contribution in [2.24, 2.45) is 11.8 Å². The van der Waals surface area contributed by atoms with Crippen molar-refractivity contribution in [1.29, 1.82) is 0 Å². The van der Waals surface area contributed by atoms with Gasteiger partial charge in [0.2, 0.25) is 21.8 Å². The molecule has 2 aliphatic rings. The van der Waals surface area contributed by atoms with Gasteiger partial charge in [-0.15, -0.1) is 0 Å². The summed E-state index contributed by atoms with van der Waals surface area (Å²) in [4.78, 5) is 25.3. The first kappa shape index (κ1) is 32.2. The molecule has 0 spiro atoms. The summed E-state index contributed by atoms with van der Waals surface area (Å²) in [5, 5.41) is 15.1. The number of benzene rings is 1. The number of hydrogen-bond donors (Lipinski definition) is 4. The van der Waals surface area contributed by atoms with E-state index >= 15 is 0 Å². The number of nitrogens with one attached hydrogen (secondary N) is 3. The Morgan fingerprint density at radius 2 is 1.70 bits per heavy atom. The van der Waals surface area contributed by atoms with Crippen LogP contribution >= 0.6 is 0 Å². The van der Waals surface area contributed by atoms with Crippen LogP contribution in [0.2, 0.25) is 0 Å². The molecule has 1 aliphatic heterocycles. The Morgan fingerprint density at radius 3 is 2.27 bits per heavy atom. The molecule has 11 nitrogen and oxygen atoms in total. The summed E-state index contributed by atoms with van der Waals surface area (Å²) in [6.45, 7) is 0.355. The fourth-order valence-electron chi connectivity index (χ4n) is 4.92. The molecule has 1 aliphatic carbocycles. The Balaban J connectivity index is 0.00000481. The molecule has 4 atom stereocenters. The molecule has 37 heavy (non-hydrogen) atoms. The number of rotatable bonds is 12. The topological polar surface area (TPSA) is 182 Å². The number of sulfonamides is 1. The van der Waals surface area contributed by atoms with E-state index in [-0.39, 0.29) is 60.0 Å². The van der Waals surface area contributed by atoms with Gasteiger partial charge in [-0.1, -0.05) is 62.4 Å². The van der Waals surface area contributed by atoms with Crippen molar-refractivity contribution in [3.8, 4) is 0 Å². The number of hydrogen-bond acceptors (Lipinski definition) is 8. The molecule has 2 fully saturated rings. The summed E-state index contributed by atoms with van der Waals surface area (Å²) in [7, 11) is -9.18. The third-order valence-corrected chi connectivity index (χ3v) is 9.08. The first-order valence-corrected chi connectivity index (χ1v) is 15.3. The van der Waals surface area contributed by atoms with E-state index in [1.54, 1.807) is 30.3 Å². The zero-order chi connectivity index (χ0) is 26.3. The maximum absolute atomic E-state index is 13.3. The van der Waals surface area contributed by atoms with E-state index < -0.39 is 49.5 Å². The maximum Gasteiger partial charge on any atom is 1.00 e. The Morgan fingerprint density at radius 1 is 1.05 bits per heavy atom. The predicted molar refractivity (Wildman–Crippen MR) is 131 cm³/mol. The van der Waals surface area contributed by atoms with Crippen molar-refractivity contribution in [3.63, 3.8) is 0 Å². The predicted octanol–water partition coefficient (Wildman–Crippen LogP) is -2.68. The summed E-state index contributed by atoms with van der Waals surface area (Å²) in [6, 6.07) is 5.64. The van der Waals surface area contributed by atoms with Gasteiger partial charge in [0, 0.05) is 12.5 Å². The van der Waals surface area contributed by atoms with Crippen molar-refractivity contribution < 1.29 is 65.6 Å². The van der Waals surface area contributed by atoms with Crippen LogP contribution in [0.3, 0.4) is 0 Å². The van der Waals surface area contributed by atoms with Gasteiger partial charge in [0.15, 0.2) is 5.44 Å². The molecule has 1 aromatic carbocycles. The van der Waals surface area contributed by atoms with Crippen LogP contribution in [0.5, 0.6) is 0 Å². The third-order valence-electron chi connectivity index (χ3n) is 6.80. The molecule has 202 valence electrons. The van der Waals surface area contributed by atoms with Crippen LogP contribution in [0.1, 0.15) is 56.9 Å². The molecule has 1 saturated carbocycles. The van der Waals surface area contributed by atoms with Crippen LogP contribution in [-0.4, -0.2) is 62.4 Å². The van der Waals surface area contributed by atoms with E-state index in [4.69, 9.17) is 0 Å². The largest absolute Gasteiger partial charge is 1.00 e. The summed E-state index contributed by atoms with van der Waals surface area (Å²) < 4.78 is 63.0. The molecule has 1 saturated heterocycles. The number of carbonyl (C=O) groups is 2. The quantitative estimate of drug-likeness (QED) is 0.156. The van der Waals surface area contributed by atoms with Gasteiger partial charge >= 0.3 is 29.6 Å². The summed E-state index contributed by atoms with van der Waals surface area (Å²) >= 11 is 0. The van der Waals surface area contributed by atoms with Gasteiger partial charge in [-0.2, -0.15) is 0 Å². The van der Waals surface area contributed by atoms with Crippen molar-refractivity contribution in [1.82, 2.24) is 15.4 Å². The minimum Gasteiger partial charge on any atom is -0.746 e. The van der Waals surface area contributed by atoms with Gasteiger partial charge in [-0.05, 0) is 30.7 Å². The van der Waals surface area contributed by atoms with Gasteiger partial charge in [-0.3, -0.25) is 9.59 Å². The van der Waals surface area contributed by atoms with Gasteiger partial charge in [0.05, 0.1) is 11.8 Å². The Kier molecular flexibility index (Phi) is 12.5. The minimum absolute atomic E-state index is 0. The molecule has 0 bridgehead atoms. The number of carbonyl (C=O) groups excluding carboxylic acids is 2. The van der Waals surface area contributed by atoms with Crippen molar-refractivity contribution in [2.45, 2.75) is 74.6 Å². The van der Waals surface area contributed by atoms with E-state index in [0.717, 1.165) is 32.1 Å². The van der Waals surface area contributed by atoms with Gasteiger partial charge in [0.1, 0.15) is 16.2 Å². The van der Waals surface area contributed by atoms with Gasteiger partial charge in [-0.25, -0.2) is 21.6 Å². The molecular weight excluding hydrogens is 533 g/mol. The second kappa shape index (κ2) is 14.4. The first-order valence-electron chi connectivity index (χ1n) is 12.2. The second-order valence-corrected chi connectivity index (χ2v) is 12.9. The molecule has 2 amide bonds. The normalized spacial score (nSPS) is 21.4. The second-order valence-electron chi connectivity index (χ2n) is 9.67. The Bertz CT molecular complexity index is 1110. The van der Waals surface area contributed by atoms with Crippen LogP contribution in [0.4, 0.5) is 0 Å². The molecule has 3 rings (SSSR count). The molecule has 4 N–H and O–H groups in total. The van der Waals surface area contributed by atoms with Crippen LogP contribution < -0.4 is 44.9 Å². The Labute approximate surface area is 240 Å². The zero-order valence-electron chi connectivity index (χ0n) is 21.0. The average Bonchev–Trinajstić information content (AvgIpc) is 3.22. The Hall–Kier alpha value is -1.06. The summed E-state index contributed by atoms with van der Waals surface area (Å²) in [6.07, 6.45) is 4.91. The SMILES string of the molecule is O=C1NCC[C@H]1C[C@H](NC(=O)[C@H](CC1CCCCC1)NS(=O)(=O)Cc1ccccc1)C(O)S(=O)(=O)[O-].[Na+]. The average molecular weight is 568 g/mol. The van der Waals surface area contributed by atoms with E-state index in [1.165, 1.54) is 0 Å². The van der Waals surface area contributed by atoms with E-state index in [1.807, 2.05) is 0 Å². The number of aliphatic hydroxyl groups is 1. The zero-order valence-corrected chi connectivity index (χ0v) is 24.6.